The van der Waals surface area contributed by atoms with E-state index in [1.54, 1.807) is 6.07 Å². The number of fused-ring (bicyclic) bond motifs is 1. The summed E-state index contributed by atoms with van der Waals surface area (Å²) in [5.41, 5.74) is 0.665. The summed E-state index contributed by atoms with van der Waals surface area (Å²) in [5.74, 6) is 0. The van der Waals surface area contributed by atoms with Crippen LogP contribution in [0.3, 0.4) is 0 Å². The molecule has 0 amide bonds. The Labute approximate surface area is 105 Å². The quantitative estimate of drug-likeness (QED) is 0.896. The molecule has 0 fully saturated rings. The molecule has 0 bridgehead atoms. The van der Waals surface area contributed by atoms with Gasteiger partial charge >= 0.3 is 6.18 Å². The van der Waals surface area contributed by atoms with Gasteiger partial charge in [-0.05, 0) is 44.1 Å². The molecule has 5 heteroatoms. The molecule has 2 rings (SSSR count). The molecule has 1 aliphatic heterocycles. The van der Waals surface area contributed by atoms with Crippen LogP contribution in [0.1, 0.15) is 17.5 Å². The summed E-state index contributed by atoms with van der Waals surface area (Å²) in [7, 11) is 3.72. The molecule has 1 aromatic rings. The van der Waals surface area contributed by atoms with Crippen molar-refractivity contribution in [3.8, 4) is 0 Å². The van der Waals surface area contributed by atoms with Gasteiger partial charge in [-0.15, -0.1) is 0 Å². The van der Waals surface area contributed by atoms with Crippen LogP contribution in [0.4, 0.5) is 18.9 Å². The maximum atomic E-state index is 12.9. The smallest absolute Gasteiger partial charge is 0.371 e. The van der Waals surface area contributed by atoms with Crippen LogP contribution in [-0.4, -0.2) is 26.7 Å². The predicted molar refractivity (Wildman–Crippen MR) is 65.9 cm³/mol. The Morgan fingerprint density at radius 1 is 1.39 bits per heavy atom. The summed E-state index contributed by atoms with van der Waals surface area (Å²) in [6, 6.07) is 4.58. The highest BCUT2D eigenvalue weighted by atomic mass is 19.4. The third-order valence-corrected chi connectivity index (χ3v) is 3.55. The average Bonchev–Trinajstić information content (AvgIpc) is 2.62. The van der Waals surface area contributed by atoms with Crippen LogP contribution in [0.2, 0.25) is 0 Å². The third kappa shape index (κ3) is 2.32. The molecule has 1 aliphatic rings. The molecule has 0 aromatic heterocycles. The Morgan fingerprint density at radius 2 is 2.11 bits per heavy atom. The zero-order chi connectivity index (χ0) is 13.3. The van der Waals surface area contributed by atoms with Gasteiger partial charge in [0, 0.05) is 18.8 Å². The van der Waals surface area contributed by atoms with Crippen molar-refractivity contribution in [2.45, 2.75) is 25.1 Å². The lowest BCUT2D eigenvalue weighted by atomic mass is 10.0. The number of hydrogen-bond acceptors (Lipinski definition) is 2. The van der Waals surface area contributed by atoms with Crippen LogP contribution in [0.25, 0.3) is 0 Å². The summed E-state index contributed by atoms with van der Waals surface area (Å²) in [6.07, 6.45) is -2.94. The maximum absolute atomic E-state index is 12.9. The van der Waals surface area contributed by atoms with Gasteiger partial charge in [0.2, 0.25) is 0 Å². The van der Waals surface area contributed by atoms with E-state index < -0.39 is 11.7 Å². The topological polar surface area (TPSA) is 15.3 Å². The van der Waals surface area contributed by atoms with Crippen molar-refractivity contribution in [1.82, 2.24) is 5.32 Å². The van der Waals surface area contributed by atoms with Crippen molar-refractivity contribution >= 4 is 5.69 Å². The molecule has 1 unspecified atom stereocenters. The summed E-state index contributed by atoms with van der Waals surface area (Å²) < 4.78 is 38.8. The molecule has 100 valence electrons. The van der Waals surface area contributed by atoms with E-state index in [9.17, 15) is 13.2 Å². The maximum Gasteiger partial charge on any atom is 0.416 e. The SMILES string of the molecule is CNCCC1Cc2c(cccc2C(F)(F)F)N1C. The zero-order valence-electron chi connectivity index (χ0n) is 10.5. The first-order valence-corrected chi connectivity index (χ1v) is 6.01. The van der Waals surface area contributed by atoms with E-state index in [0.29, 0.717) is 17.7 Å². The monoisotopic (exact) mass is 258 g/mol. The molecule has 1 heterocycles. The number of benzene rings is 1. The second-order valence-corrected chi connectivity index (χ2v) is 4.66. The molecule has 0 spiro atoms. The first-order chi connectivity index (χ1) is 8.45. The van der Waals surface area contributed by atoms with E-state index in [1.165, 1.54) is 12.1 Å². The lowest BCUT2D eigenvalue weighted by Crippen LogP contribution is -2.30. The van der Waals surface area contributed by atoms with Gasteiger partial charge in [0.1, 0.15) is 0 Å². The van der Waals surface area contributed by atoms with Gasteiger partial charge in [0.25, 0.3) is 0 Å². The molecule has 1 N–H and O–H groups in total. The van der Waals surface area contributed by atoms with Gasteiger partial charge in [-0.2, -0.15) is 13.2 Å². The Hall–Kier alpha value is -1.23. The van der Waals surface area contributed by atoms with Crippen LogP contribution in [0, 0.1) is 0 Å². The molecule has 0 saturated heterocycles. The van der Waals surface area contributed by atoms with Gasteiger partial charge < -0.3 is 10.2 Å². The Balaban J connectivity index is 2.30. The van der Waals surface area contributed by atoms with E-state index >= 15 is 0 Å². The molecule has 0 radical (unpaired) electrons. The lowest BCUT2D eigenvalue weighted by Gasteiger charge is -2.22. The fourth-order valence-corrected chi connectivity index (χ4v) is 2.56. The number of rotatable bonds is 3. The predicted octanol–water partition coefficient (Wildman–Crippen LogP) is 2.68. The van der Waals surface area contributed by atoms with Crippen molar-refractivity contribution in [2.24, 2.45) is 0 Å². The molecular weight excluding hydrogens is 241 g/mol. The van der Waals surface area contributed by atoms with Crippen molar-refractivity contribution in [3.05, 3.63) is 29.3 Å². The molecule has 1 atom stereocenters. The first kappa shape index (κ1) is 13.2. The van der Waals surface area contributed by atoms with Crippen LogP contribution in [0.15, 0.2) is 18.2 Å². The van der Waals surface area contributed by atoms with Crippen molar-refractivity contribution in [3.63, 3.8) is 0 Å². The van der Waals surface area contributed by atoms with E-state index in [1.807, 2.05) is 19.0 Å². The normalized spacial score (nSPS) is 19.2. The minimum atomic E-state index is -4.26. The van der Waals surface area contributed by atoms with Crippen LogP contribution < -0.4 is 10.2 Å². The van der Waals surface area contributed by atoms with Gasteiger partial charge in [-0.1, -0.05) is 6.07 Å². The van der Waals surface area contributed by atoms with E-state index in [4.69, 9.17) is 0 Å². The second-order valence-electron chi connectivity index (χ2n) is 4.66. The summed E-state index contributed by atoms with van der Waals surface area (Å²) >= 11 is 0. The third-order valence-electron chi connectivity index (χ3n) is 3.55. The fourth-order valence-electron chi connectivity index (χ4n) is 2.56. The molecule has 0 aliphatic carbocycles. The zero-order valence-corrected chi connectivity index (χ0v) is 10.5. The van der Waals surface area contributed by atoms with Crippen molar-refractivity contribution in [1.29, 1.82) is 0 Å². The number of alkyl halides is 3. The van der Waals surface area contributed by atoms with E-state index in [0.717, 1.165) is 13.0 Å². The standard InChI is InChI=1S/C13H17F3N2/c1-17-7-6-9-8-10-11(13(14,15)16)4-3-5-12(10)18(9)2/h3-5,9,17H,6-8H2,1-2H3. The Morgan fingerprint density at radius 3 is 2.72 bits per heavy atom. The van der Waals surface area contributed by atoms with Gasteiger partial charge in [0.15, 0.2) is 0 Å². The number of nitrogens with zero attached hydrogens (tertiary/aromatic N) is 1. The molecule has 1 aromatic carbocycles. The van der Waals surface area contributed by atoms with Crippen molar-refractivity contribution < 1.29 is 13.2 Å². The minimum Gasteiger partial charge on any atom is -0.371 e. The molecule has 18 heavy (non-hydrogen) atoms. The van der Waals surface area contributed by atoms with Crippen LogP contribution in [0.5, 0.6) is 0 Å². The summed E-state index contributed by atoms with van der Waals surface area (Å²) in [5, 5.41) is 3.04. The highest BCUT2D eigenvalue weighted by molar-refractivity contribution is 5.62. The van der Waals surface area contributed by atoms with Crippen LogP contribution in [-0.2, 0) is 12.6 Å². The first-order valence-electron chi connectivity index (χ1n) is 6.01. The number of likely N-dealkylation sites (N-methyl/N-ethyl adjacent to an activating group) is 1. The van der Waals surface area contributed by atoms with Gasteiger partial charge in [0.05, 0.1) is 5.56 Å². The van der Waals surface area contributed by atoms with E-state index in [-0.39, 0.29) is 6.04 Å². The number of hydrogen-bond donors (Lipinski definition) is 1. The number of anilines is 1. The highest BCUT2D eigenvalue weighted by Crippen LogP contribution is 2.41. The van der Waals surface area contributed by atoms with Gasteiger partial charge in [-0.3, -0.25) is 0 Å². The van der Waals surface area contributed by atoms with Crippen molar-refractivity contribution in [2.75, 3.05) is 25.5 Å². The Kier molecular flexibility index (Phi) is 3.52. The Bertz CT molecular complexity index is 429. The number of halogens is 3. The lowest BCUT2D eigenvalue weighted by molar-refractivity contribution is -0.138. The molecular formula is C13H17F3N2. The van der Waals surface area contributed by atoms with E-state index in [2.05, 4.69) is 5.32 Å². The summed E-state index contributed by atoms with van der Waals surface area (Å²) in [6.45, 7) is 0.810. The molecule has 0 saturated carbocycles. The molecule has 2 nitrogen and oxygen atoms in total. The largest absolute Gasteiger partial charge is 0.416 e. The highest BCUT2D eigenvalue weighted by Gasteiger charge is 2.38. The second kappa shape index (κ2) is 4.80. The average molecular weight is 258 g/mol. The van der Waals surface area contributed by atoms with Crippen LogP contribution >= 0.6 is 0 Å². The van der Waals surface area contributed by atoms with Gasteiger partial charge in [-0.25, -0.2) is 0 Å². The minimum absolute atomic E-state index is 0.149. The fraction of sp³-hybridized carbons (Fsp3) is 0.538. The summed E-state index contributed by atoms with van der Waals surface area (Å²) in [4.78, 5) is 1.96. The number of nitrogens with one attached hydrogen (secondary N) is 1.